The molecule has 132 valence electrons. The Bertz CT molecular complexity index is 878. The maximum Gasteiger partial charge on any atom is 0.414 e. The molecule has 1 heterocycles. The zero-order chi connectivity index (χ0) is 18.5. The molecular weight excluding hydrogens is 366 g/mol. The van der Waals surface area contributed by atoms with E-state index in [4.69, 9.17) is 27.9 Å². The predicted octanol–water partition coefficient (Wildman–Crippen LogP) is 5.47. The van der Waals surface area contributed by atoms with Crippen molar-refractivity contribution >= 4 is 35.0 Å². The number of nitrogens with zero attached hydrogens (tertiary/aromatic N) is 2. The largest absolute Gasteiger partial charge is 0.443 e. The molecule has 1 aromatic heterocycles. The van der Waals surface area contributed by atoms with Gasteiger partial charge < -0.3 is 4.74 Å². The summed E-state index contributed by atoms with van der Waals surface area (Å²) in [4.78, 5) is 18.0. The topological polar surface area (TPSA) is 42.4 Å². The molecule has 4 nitrogen and oxygen atoms in total. The van der Waals surface area contributed by atoms with Crippen LogP contribution in [0.2, 0.25) is 10.0 Å². The maximum atomic E-state index is 14.2. The fourth-order valence-corrected chi connectivity index (χ4v) is 3.24. The molecule has 0 atom stereocenters. The van der Waals surface area contributed by atoms with E-state index in [9.17, 15) is 9.18 Å². The number of hydrogen-bond acceptors (Lipinski definition) is 3. The molecular formula is C18H17Cl2FN2O2. The first-order valence-electron chi connectivity index (χ1n) is 7.71. The van der Waals surface area contributed by atoms with Crippen LogP contribution in [0.4, 0.5) is 14.9 Å². The molecule has 0 saturated carbocycles. The van der Waals surface area contributed by atoms with Crippen LogP contribution in [0.5, 0.6) is 0 Å². The summed E-state index contributed by atoms with van der Waals surface area (Å²) in [6.45, 7) is 5.32. The summed E-state index contributed by atoms with van der Waals surface area (Å²) < 4.78 is 19.6. The minimum absolute atomic E-state index is 0.305. The highest BCUT2D eigenvalue weighted by atomic mass is 35.5. The lowest BCUT2D eigenvalue weighted by atomic mass is 10.0. The van der Waals surface area contributed by atoms with E-state index in [-0.39, 0.29) is 0 Å². The highest BCUT2D eigenvalue weighted by Gasteiger charge is 2.30. The smallest absolute Gasteiger partial charge is 0.414 e. The van der Waals surface area contributed by atoms with Gasteiger partial charge in [0.1, 0.15) is 11.4 Å². The Balaban J connectivity index is 2.09. The number of carbonyl (C=O) groups is 1. The highest BCUT2D eigenvalue weighted by Crippen LogP contribution is 2.46. The molecule has 0 unspecified atom stereocenters. The first kappa shape index (κ1) is 18.0. The molecule has 0 radical (unpaired) electrons. The second kappa shape index (κ2) is 6.15. The molecule has 1 amide bonds. The van der Waals surface area contributed by atoms with E-state index in [0.717, 1.165) is 5.56 Å². The van der Waals surface area contributed by atoms with E-state index >= 15 is 0 Å². The van der Waals surface area contributed by atoms with Crippen molar-refractivity contribution in [1.29, 1.82) is 0 Å². The van der Waals surface area contributed by atoms with Crippen LogP contribution in [0.25, 0.3) is 11.1 Å². The zero-order valence-corrected chi connectivity index (χ0v) is 15.8. The van der Waals surface area contributed by atoms with Crippen LogP contribution >= 0.6 is 23.2 Å². The molecule has 0 N–H and O–H groups in total. The van der Waals surface area contributed by atoms with Gasteiger partial charge in [-0.25, -0.2) is 9.18 Å². The van der Waals surface area contributed by atoms with Crippen LogP contribution in [0.15, 0.2) is 18.3 Å². The van der Waals surface area contributed by atoms with E-state index in [1.165, 1.54) is 23.2 Å². The molecule has 0 fully saturated rings. The van der Waals surface area contributed by atoms with Crippen molar-refractivity contribution in [2.24, 2.45) is 0 Å². The van der Waals surface area contributed by atoms with Crippen LogP contribution in [-0.4, -0.2) is 23.7 Å². The van der Waals surface area contributed by atoms with E-state index < -0.39 is 17.5 Å². The normalized spacial score (nSPS) is 12.6. The predicted molar refractivity (Wildman–Crippen MR) is 97.1 cm³/mol. The standard InChI is InChI=1S/C18H17Cl2FN2O2/c1-18(2,3)25-17(24)23(4)14-6-9(21)5-11-10(14)7-13-15(11)16(20)12(19)8-22-13/h5-6,8H,7H2,1-4H3. The molecule has 25 heavy (non-hydrogen) atoms. The highest BCUT2D eigenvalue weighted by molar-refractivity contribution is 6.43. The number of amides is 1. The number of ether oxygens (including phenoxy) is 1. The number of benzene rings is 1. The average molecular weight is 383 g/mol. The van der Waals surface area contributed by atoms with Crippen molar-refractivity contribution in [2.75, 3.05) is 11.9 Å². The van der Waals surface area contributed by atoms with Crippen molar-refractivity contribution < 1.29 is 13.9 Å². The van der Waals surface area contributed by atoms with Crippen LogP contribution in [-0.2, 0) is 11.2 Å². The van der Waals surface area contributed by atoms with Gasteiger partial charge in [-0.2, -0.15) is 0 Å². The molecule has 3 rings (SSSR count). The Hall–Kier alpha value is -1.85. The molecule has 7 heteroatoms. The van der Waals surface area contributed by atoms with E-state index in [0.29, 0.717) is 39.0 Å². The van der Waals surface area contributed by atoms with Gasteiger partial charge in [-0.15, -0.1) is 0 Å². The van der Waals surface area contributed by atoms with Crippen molar-refractivity contribution in [1.82, 2.24) is 4.98 Å². The number of hydrogen-bond donors (Lipinski definition) is 0. The average Bonchev–Trinajstić information content (AvgIpc) is 2.86. The lowest BCUT2D eigenvalue weighted by molar-refractivity contribution is 0.0589. The minimum atomic E-state index is -0.650. The lowest BCUT2D eigenvalue weighted by Crippen LogP contribution is -2.34. The van der Waals surface area contributed by atoms with E-state index in [1.54, 1.807) is 27.8 Å². The summed E-state index contributed by atoms with van der Waals surface area (Å²) in [6, 6.07) is 2.70. The van der Waals surface area contributed by atoms with Crippen LogP contribution in [0.3, 0.4) is 0 Å². The monoisotopic (exact) mass is 382 g/mol. The van der Waals surface area contributed by atoms with Gasteiger partial charge >= 0.3 is 6.09 Å². The SMILES string of the molecule is CN(C(=O)OC(C)(C)C)c1cc(F)cc2c1Cc1ncc(Cl)c(Cl)c1-2. The van der Waals surface area contributed by atoms with Crippen LogP contribution in [0, 0.1) is 5.82 Å². The molecule has 0 spiro atoms. The number of rotatable bonds is 1. The summed E-state index contributed by atoms with van der Waals surface area (Å²) in [6.07, 6.45) is 1.35. The van der Waals surface area contributed by atoms with E-state index in [2.05, 4.69) is 4.98 Å². The quantitative estimate of drug-likeness (QED) is 0.560. The second-order valence-corrected chi connectivity index (χ2v) is 7.69. The van der Waals surface area contributed by atoms with Crippen molar-refractivity contribution in [3.63, 3.8) is 0 Å². The third-order valence-electron chi connectivity index (χ3n) is 3.88. The Labute approximate surface area is 155 Å². The third kappa shape index (κ3) is 3.31. The van der Waals surface area contributed by atoms with Crippen LogP contribution < -0.4 is 4.90 Å². The second-order valence-electron chi connectivity index (χ2n) is 6.91. The van der Waals surface area contributed by atoms with Gasteiger partial charge in [0.2, 0.25) is 0 Å². The first-order chi connectivity index (χ1) is 11.6. The van der Waals surface area contributed by atoms with Gasteiger partial charge in [-0.3, -0.25) is 9.88 Å². The first-order valence-corrected chi connectivity index (χ1v) is 8.46. The maximum absolute atomic E-state index is 14.2. The molecule has 2 aromatic rings. The molecule has 0 aliphatic heterocycles. The summed E-state index contributed by atoms with van der Waals surface area (Å²) in [7, 11) is 1.55. The lowest BCUT2D eigenvalue weighted by Gasteiger charge is -2.26. The van der Waals surface area contributed by atoms with Gasteiger partial charge in [0, 0.05) is 25.2 Å². The van der Waals surface area contributed by atoms with Gasteiger partial charge in [0.25, 0.3) is 0 Å². The van der Waals surface area contributed by atoms with Crippen molar-refractivity contribution in [3.05, 3.63) is 45.4 Å². The van der Waals surface area contributed by atoms with Gasteiger partial charge in [-0.1, -0.05) is 23.2 Å². The minimum Gasteiger partial charge on any atom is -0.443 e. The van der Waals surface area contributed by atoms with Crippen molar-refractivity contribution in [3.8, 4) is 11.1 Å². The number of halogens is 3. The number of fused-ring (bicyclic) bond motifs is 3. The Kier molecular flexibility index (Phi) is 4.41. The number of pyridine rings is 1. The van der Waals surface area contributed by atoms with Gasteiger partial charge in [0.05, 0.1) is 21.4 Å². The Morgan fingerprint density at radius 1 is 1.32 bits per heavy atom. The number of aromatic nitrogens is 1. The van der Waals surface area contributed by atoms with Crippen LogP contribution in [0.1, 0.15) is 32.0 Å². The third-order valence-corrected chi connectivity index (χ3v) is 4.66. The summed E-state index contributed by atoms with van der Waals surface area (Å²) in [5.74, 6) is -0.479. The summed E-state index contributed by atoms with van der Waals surface area (Å²) in [5.41, 5.74) is 2.45. The van der Waals surface area contributed by atoms with E-state index in [1.807, 2.05) is 0 Å². The van der Waals surface area contributed by atoms with Gasteiger partial charge in [-0.05, 0) is 44.0 Å². The fraction of sp³-hybridized carbons (Fsp3) is 0.333. The number of anilines is 1. The molecule has 1 aromatic carbocycles. The Morgan fingerprint density at radius 3 is 2.64 bits per heavy atom. The Morgan fingerprint density at radius 2 is 2.00 bits per heavy atom. The zero-order valence-electron chi connectivity index (χ0n) is 14.3. The molecule has 0 saturated heterocycles. The fourth-order valence-electron chi connectivity index (χ4n) is 2.84. The summed E-state index contributed by atoms with van der Waals surface area (Å²) >= 11 is 12.4. The number of carbonyl (C=O) groups excluding carboxylic acids is 1. The van der Waals surface area contributed by atoms with Crippen molar-refractivity contribution in [2.45, 2.75) is 32.8 Å². The van der Waals surface area contributed by atoms with Gasteiger partial charge in [0.15, 0.2) is 0 Å². The summed E-state index contributed by atoms with van der Waals surface area (Å²) in [5, 5.41) is 0.640. The molecule has 0 bridgehead atoms. The molecule has 1 aliphatic rings. The molecule has 1 aliphatic carbocycles.